The number of fused-ring (bicyclic) bond motifs is 1. The van der Waals surface area contributed by atoms with E-state index in [0.29, 0.717) is 5.56 Å². The molecule has 20 heavy (non-hydrogen) atoms. The molecule has 1 aliphatic rings. The van der Waals surface area contributed by atoms with Crippen LogP contribution in [-0.4, -0.2) is 10.5 Å². The first kappa shape index (κ1) is 12.9. The molecule has 0 saturated heterocycles. The molecule has 1 aliphatic carbocycles. The molecule has 1 unspecified atom stereocenters. The van der Waals surface area contributed by atoms with E-state index < -0.39 is 5.91 Å². The van der Waals surface area contributed by atoms with E-state index in [9.17, 15) is 4.79 Å². The van der Waals surface area contributed by atoms with Crippen molar-refractivity contribution in [2.45, 2.75) is 32.2 Å². The van der Waals surface area contributed by atoms with Crippen molar-refractivity contribution in [3.05, 3.63) is 52.8 Å². The van der Waals surface area contributed by atoms with Gasteiger partial charge in [-0.2, -0.15) is 0 Å². The van der Waals surface area contributed by atoms with Crippen LogP contribution in [0, 0.1) is 6.92 Å². The normalized spacial score (nSPS) is 17.8. The molecule has 104 valence electrons. The van der Waals surface area contributed by atoms with Gasteiger partial charge in [0, 0.05) is 28.7 Å². The summed E-state index contributed by atoms with van der Waals surface area (Å²) in [6.07, 6.45) is 3.17. The third kappa shape index (κ3) is 2.02. The van der Waals surface area contributed by atoms with E-state index in [0.717, 1.165) is 30.6 Å². The highest BCUT2D eigenvalue weighted by Gasteiger charge is 2.22. The number of aryl methyl sites for hydroxylation is 1. The van der Waals surface area contributed by atoms with Gasteiger partial charge in [-0.15, -0.1) is 0 Å². The molecule has 1 heterocycles. The van der Waals surface area contributed by atoms with Crippen molar-refractivity contribution < 1.29 is 4.79 Å². The second kappa shape index (κ2) is 4.80. The van der Waals surface area contributed by atoms with Crippen molar-refractivity contribution in [1.29, 1.82) is 0 Å². The maximum atomic E-state index is 11.3. The van der Waals surface area contributed by atoms with Gasteiger partial charge in [0.2, 0.25) is 5.91 Å². The fourth-order valence-corrected chi connectivity index (χ4v) is 3.09. The molecule has 4 N–H and O–H groups in total. The second-order valence-corrected chi connectivity index (χ2v) is 5.44. The Hall–Kier alpha value is -2.07. The molecule has 1 aromatic heterocycles. The molecule has 1 amide bonds. The Morgan fingerprint density at radius 3 is 2.90 bits per heavy atom. The third-order valence-corrected chi connectivity index (χ3v) is 4.04. The van der Waals surface area contributed by atoms with Crippen molar-refractivity contribution in [1.82, 2.24) is 4.57 Å². The first-order valence-electron chi connectivity index (χ1n) is 6.95. The smallest absolute Gasteiger partial charge is 0.248 e. The summed E-state index contributed by atoms with van der Waals surface area (Å²) in [5.41, 5.74) is 16.7. The summed E-state index contributed by atoms with van der Waals surface area (Å²) in [4.78, 5) is 11.3. The minimum absolute atomic E-state index is 0.123. The fraction of sp³-hybridized carbons (Fsp3) is 0.312. The molecule has 1 atom stereocenters. The predicted octanol–water partition coefficient (Wildman–Crippen LogP) is 2.22. The van der Waals surface area contributed by atoms with Crippen LogP contribution in [0.25, 0.3) is 5.69 Å². The Balaban J connectivity index is 2.15. The molecule has 0 radical (unpaired) electrons. The van der Waals surface area contributed by atoms with E-state index in [4.69, 9.17) is 11.5 Å². The molecule has 0 bridgehead atoms. The zero-order chi connectivity index (χ0) is 14.3. The average Bonchev–Trinajstić information content (AvgIpc) is 2.77. The molecule has 2 aromatic rings. The molecular formula is C16H19N3O. The molecule has 0 fully saturated rings. The van der Waals surface area contributed by atoms with Gasteiger partial charge in [-0.05, 0) is 56.0 Å². The van der Waals surface area contributed by atoms with E-state index >= 15 is 0 Å². The SMILES string of the molecule is Cc1cc2c(n1-c1cccc(C(N)=O)c1)CCCC2N. The van der Waals surface area contributed by atoms with Crippen LogP contribution < -0.4 is 11.5 Å². The summed E-state index contributed by atoms with van der Waals surface area (Å²) >= 11 is 0. The molecular weight excluding hydrogens is 250 g/mol. The van der Waals surface area contributed by atoms with Crippen LogP contribution in [0.4, 0.5) is 0 Å². The molecule has 0 aliphatic heterocycles. The average molecular weight is 269 g/mol. The highest BCUT2D eigenvalue weighted by atomic mass is 16.1. The number of carbonyl (C=O) groups excluding carboxylic acids is 1. The maximum absolute atomic E-state index is 11.3. The molecule has 3 rings (SSSR count). The summed E-state index contributed by atoms with van der Waals surface area (Å²) in [6, 6.07) is 9.73. The highest BCUT2D eigenvalue weighted by Crippen LogP contribution is 2.32. The number of primary amides is 1. The second-order valence-electron chi connectivity index (χ2n) is 5.44. The Morgan fingerprint density at radius 2 is 2.15 bits per heavy atom. The van der Waals surface area contributed by atoms with E-state index in [1.165, 1.54) is 11.3 Å². The molecule has 0 saturated carbocycles. The van der Waals surface area contributed by atoms with Crippen molar-refractivity contribution in [3.8, 4) is 5.69 Å². The summed E-state index contributed by atoms with van der Waals surface area (Å²) in [7, 11) is 0. The lowest BCUT2D eigenvalue weighted by Gasteiger charge is -2.21. The Morgan fingerprint density at radius 1 is 1.35 bits per heavy atom. The van der Waals surface area contributed by atoms with Gasteiger partial charge in [0.05, 0.1) is 0 Å². The van der Waals surface area contributed by atoms with Gasteiger partial charge in [0.25, 0.3) is 0 Å². The Kier molecular flexibility index (Phi) is 3.10. The highest BCUT2D eigenvalue weighted by molar-refractivity contribution is 5.93. The molecule has 4 heteroatoms. The van der Waals surface area contributed by atoms with Crippen LogP contribution in [0.15, 0.2) is 30.3 Å². The van der Waals surface area contributed by atoms with E-state index in [1.54, 1.807) is 6.07 Å². The van der Waals surface area contributed by atoms with Crippen LogP contribution in [0.5, 0.6) is 0 Å². The van der Waals surface area contributed by atoms with E-state index in [2.05, 4.69) is 17.6 Å². The minimum Gasteiger partial charge on any atom is -0.366 e. The predicted molar refractivity (Wildman–Crippen MR) is 78.9 cm³/mol. The van der Waals surface area contributed by atoms with Crippen LogP contribution >= 0.6 is 0 Å². The van der Waals surface area contributed by atoms with Gasteiger partial charge in [0.15, 0.2) is 0 Å². The lowest BCUT2D eigenvalue weighted by atomic mass is 9.93. The topological polar surface area (TPSA) is 74.0 Å². The number of amides is 1. The van der Waals surface area contributed by atoms with E-state index in [-0.39, 0.29) is 6.04 Å². The van der Waals surface area contributed by atoms with Gasteiger partial charge < -0.3 is 16.0 Å². The van der Waals surface area contributed by atoms with Gasteiger partial charge in [-0.25, -0.2) is 0 Å². The number of nitrogens with zero attached hydrogens (tertiary/aromatic N) is 1. The van der Waals surface area contributed by atoms with Gasteiger partial charge in [0.1, 0.15) is 0 Å². The summed E-state index contributed by atoms with van der Waals surface area (Å²) in [6.45, 7) is 2.07. The standard InChI is InChI=1S/C16H19N3O/c1-10-8-13-14(17)6-3-7-15(13)19(10)12-5-2-4-11(9-12)16(18)20/h2,4-5,8-9,14H,3,6-7,17H2,1H3,(H2,18,20). The van der Waals surface area contributed by atoms with Crippen LogP contribution in [0.2, 0.25) is 0 Å². The number of rotatable bonds is 2. The largest absolute Gasteiger partial charge is 0.366 e. The first-order chi connectivity index (χ1) is 9.58. The van der Waals surface area contributed by atoms with Gasteiger partial charge >= 0.3 is 0 Å². The number of benzene rings is 1. The van der Waals surface area contributed by atoms with Crippen molar-refractivity contribution in [2.24, 2.45) is 11.5 Å². The van der Waals surface area contributed by atoms with Crippen molar-refractivity contribution >= 4 is 5.91 Å². The molecule has 4 nitrogen and oxygen atoms in total. The first-order valence-corrected chi connectivity index (χ1v) is 6.95. The maximum Gasteiger partial charge on any atom is 0.248 e. The van der Waals surface area contributed by atoms with E-state index in [1.807, 2.05) is 18.2 Å². The van der Waals surface area contributed by atoms with Crippen LogP contribution in [0.3, 0.4) is 0 Å². The molecule has 0 spiro atoms. The van der Waals surface area contributed by atoms with Crippen molar-refractivity contribution in [2.75, 3.05) is 0 Å². The number of hydrogen-bond donors (Lipinski definition) is 2. The zero-order valence-electron chi connectivity index (χ0n) is 11.6. The molecule has 1 aromatic carbocycles. The number of nitrogens with two attached hydrogens (primary N) is 2. The zero-order valence-corrected chi connectivity index (χ0v) is 11.6. The lowest BCUT2D eigenvalue weighted by Crippen LogP contribution is -2.18. The van der Waals surface area contributed by atoms with Gasteiger partial charge in [-0.3, -0.25) is 4.79 Å². The van der Waals surface area contributed by atoms with Crippen LogP contribution in [-0.2, 0) is 6.42 Å². The Bertz CT molecular complexity index is 672. The lowest BCUT2D eigenvalue weighted by molar-refractivity contribution is 0.100. The quantitative estimate of drug-likeness (QED) is 0.877. The number of aromatic nitrogens is 1. The fourth-order valence-electron chi connectivity index (χ4n) is 3.09. The Labute approximate surface area is 118 Å². The number of hydrogen-bond acceptors (Lipinski definition) is 2. The summed E-state index contributed by atoms with van der Waals surface area (Å²) in [5, 5.41) is 0. The minimum atomic E-state index is -0.401. The summed E-state index contributed by atoms with van der Waals surface area (Å²) in [5.74, 6) is -0.401. The summed E-state index contributed by atoms with van der Waals surface area (Å²) < 4.78 is 2.20. The monoisotopic (exact) mass is 269 g/mol. The van der Waals surface area contributed by atoms with Gasteiger partial charge in [-0.1, -0.05) is 6.07 Å². The third-order valence-electron chi connectivity index (χ3n) is 4.04. The van der Waals surface area contributed by atoms with Crippen molar-refractivity contribution in [3.63, 3.8) is 0 Å². The van der Waals surface area contributed by atoms with Crippen LogP contribution in [0.1, 0.15) is 46.2 Å². The number of carbonyl (C=O) groups is 1.